The topological polar surface area (TPSA) is 67.0 Å². The number of amides is 1. The Hall–Kier alpha value is -1.31. The Kier molecular flexibility index (Phi) is 3.47. The lowest BCUT2D eigenvalue weighted by Gasteiger charge is -2.19. The number of fused-ring (bicyclic) bond motifs is 1. The summed E-state index contributed by atoms with van der Waals surface area (Å²) in [6.45, 7) is 5.45. The number of carbonyl (C=O) groups excluding carboxylic acids is 1. The molecule has 2 N–H and O–H groups in total. The molecule has 0 bridgehead atoms. The minimum absolute atomic E-state index is 0.484. The van der Waals surface area contributed by atoms with Gasteiger partial charge in [0.15, 0.2) is 5.82 Å². The summed E-state index contributed by atoms with van der Waals surface area (Å²) in [5.41, 5.74) is 0.353. The standard InChI is InChI=1S/C12H14IN3O2/c1-12(2,3)18-11(17)14-10-8-6-7(13)4-5-9(8)15-16-10/h4-6H,1-3H3,(H2,14,15,16,17). The summed E-state index contributed by atoms with van der Waals surface area (Å²) < 4.78 is 6.26. The van der Waals surface area contributed by atoms with E-state index < -0.39 is 11.7 Å². The number of aromatic amines is 1. The molecule has 1 amide bonds. The molecule has 6 heteroatoms. The maximum Gasteiger partial charge on any atom is 0.413 e. The summed E-state index contributed by atoms with van der Waals surface area (Å²) in [5, 5.41) is 10.4. The molecule has 0 aliphatic rings. The van der Waals surface area contributed by atoms with Gasteiger partial charge in [-0.15, -0.1) is 0 Å². The first kappa shape index (κ1) is 13.1. The van der Waals surface area contributed by atoms with Crippen molar-refractivity contribution in [2.24, 2.45) is 0 Å². The first-order valence-electron chi connectivity index (χ1n) is 5.49. The van der Waals surface area contributed by atoms with Crippen molar-refractivity contribution >= 4 is 45.4 Å². The highest BCUT2D eigenvalue weighted by Crippen LogP contribution is 2.23. The van der Waals surface area contributed by atoms with Crippen LogP contribution in [0.3, 0.4) is 0 Å². The van der Waals surface area contributed by atoms with Crippen LogP contribution in [0.1, 0.15) is 20.8 Å². The largest absolute Gasteiger partial charge is 0.444 e. The number of benzene rings is 1. The van der Waals surface area contributed by atoms with E-state index in [1.807, 2.05) is 39.0 Å². The van der Waals surface area contributed by atoms with Crippen molar-refractivity contribution < 1.29 is 9.53 Å². The Labute approximate surface area is 118 Å². The Morgan fingerprint density at radius 2 is 2.17 bits per heavy atom. The fourth-order valence-corrected chi connectivity index (χ4v) is 1.97. The van der Waals surface area contributed by atoms with Gasteiger partial charge < -0.3 is 4.74 Å². The first-order chi connectivity index (χ1) is 8.35. The Morgan fingerprint density at radius 1 is 1.44 bits per heavy atom. The second kappa shape index (κ2) is 4.75. The van der Waals surface area contributed by atoms with Gasteiger partial charge in [0.1, 0.15) is 5.60 Å². The first-order valence-corrected chi connectivity index (χ1v) is 6.57. The average molecular weight is 359 g/mol. The summed E-state index contributed by atoms with van der Waals surface area (Å²) in [4.78, 5) is 11.7. The van der Waals surface area contributed by atoms with Crippen LogP contribution in [0.5, 0.6) is 0 Å². The summed E-state index contributed by atoms with van der Waals surface area (Å²) in [6.07, 6.45) is -0.505. The number of ether oxygens (including phenoxy) is 1. The zero-order chi connectivity index (χ0) is 13.3. The average Bonchev–Trinajstić information content (AvgIpc) is 2.58. The Balaban J connectivity index is 2.22. The van der Waals surface area contributed by atoms with Crippen LogP contribution in [0.15, 0.2) is 18.2 Å². The van der Waals surface area contributed by atoms with E-state index in [2.05, 4.69) is 38.1 Å². The minimum atomic E-state index is -0.523. The molecule has 0 saturated heterocycles. The van der Waals surface area contributed by atoms with Crippen LogP contribution >= 0.6 is 22.6 Å². The van der Waals surface area contributed by atoms with Crippen molar-refractivity contribution in [3.8, 4) is 0 Å². The lowest BCUT2D eigenvalue weighted by molar-refractivity contribution is 0.0635. The van der Waals surface area contributed by atoms with Crippen LogP contribution in [-0.4, -0.2) is 21.9 Å². The number of hydrogen-bond donors (Lipinski definition) is 2. The second-order valence-electron chi connectivity index (χ2n) is 4.89. The maximum atomic E-state index is 11.7. The van der Waals surface area contributed by atoms with Crippen LogP contribution in [0.4, 0.5) is 10.6 Å². The molecular weight excluding hydrogens is 345 g/mol. The summed E-state index contributed by atoms with van der Waals surface area (Å²) in [5.74, 6) is 0.484. The summed E-state index contributed by atoms with van der Waals surface area (Å²) in [6, 6.07) is 5.84. The highest BCUT2D eigenvalue weighted by molar-refractivity contribution is 14.1. The van der Waals surface area contributed by atoms with Crippen molar-refractivity contribution in [3.05, 3.63) is 21.8 Å². The quantitative estimate of drug-likeness (QED) is 0.766. The second-order valence-corrected chi connectivity index (χ2v) is 6.13. The van der Waals surface area contributed by atoms with Crippen LogP contribution in [-0.2, 0) is 4.74 Å². The molecule has 1 heterocycles. The number of anilines is 1. The fraction of sp³-hybridized carbons (Fsp3) is 0.333. The van der Waals surface area contributed by atoms with Gasteiger partial charge in [0.2, 0.25) is 0 Å². The number of aromatic nitrogens is 2. The SMILES string of the molecule is CC(C)(C)OC(=O)Nc1n[nH]c2ccc(I)cc12. The van der Waals surface area contributed by atoms with Gasteiger partial charge in [0, 0.05) is 8.96 Å². The van der Waals surface area contributed by atoms with E-state index in [9.17, 15) is 4.79 Å². The third-order valence-electron chi connectivity index (χ3n) is 2.14. The molecule has 0 saturated carbocycles. The summed E-state index contributed by atoms with van der Waals surface area (Å²) >= 11 is 2.21. The number of nitrogens with zero attached hydrogens (tertiary/aromatic N) is 1. The molecule has 0 aliphatic carbocycles. The van der Waals surface area contributed by atoms with Gasteiger partial charge >= 0.3 is 6.09 Å². The molecule has 2 aromatic rings. The van der Waals surface area contributed by atoms with E-state index >= 15 is 0 Å². The predicted octanol–water partition coefficient (Wildman–Crippen LogP) is 3.51. The molecular formula is C12H14IN3O2. The molecule has 1 aromatic heterocycles. The van der Waals surface area contributed by atoms with Gasteiger partial charge in [0.25, 0.3) is 0 Å². The fourth-order valence-electron chi connectivity index (χ4n) is 1.48. The third-order valence-corrected chi connectivity index (χ3v) is 2.82. The van der Waals surface area contributed by atoms with Gasteiger partial charge in [-0.3, -0.25) is 10.4 Å². The molecule has 0 atom stereocenters. The molecule has 0 fully saturated rings. The molecule has 1 aromatic carbocycles. The zero-order valence-corrected chi connectivity index (χ0v) is 12.5. The van der Waals surface area contributed by atoms with E-state index in [-0.39, 0.29) is 0 Å². The highest BCUT2D eigenvalue weighted by Gasteiger charge is 2.18. The van der Waals surface area contributed by atoms with Gasteiger partial charge in [-0.05, 0) is 61.6 Å². The smallest absolute Gasteiger partial charge is 0.413 e. The summed E-state index contributed by atoms with van der Waals surface area (Å²) in [7, 11) is 0. The number of H-pyrrole nitrogens is 1. The van der Waals surface area contributed by atoms with E-state index in [0.29, 0.717) is 5.82 Å². The molecule has 0 unspecified atom stereocenters. The highest BCUT2D eigenvalue weighted by atomic mass is 127. The molecule has 5 nitrogen and oxygen atoms in total. The number of nitrogens with one attached hydrogen (secondary N) is 2. The van der Waals surface area contributed by atoms with Gasteiger partial charge in [-0.1, -0.05) is 0 Å². The van der Waals surface area contributed by atoms with Crippen molar-refractivity contribution in [1.82, 2.24) is 10.2 Å². The molecule has 2 rings (SSSR count). The van der Waals surface area contributed by atoms with E-state index in [1.54, 1.807) is 0 Å². The van der Waals surface area contributed by atoms with Crippen molar-refractivity contribution in [3.63, 3.8) is 0 Å². The maximum absolute atomic E-state index is 11.7. The van der Waals surface area contributed by atoms with E-state index in [1.165, 1.54) is 0 Å². The molecule has 96 valence electrons. The normalized spacial score (nSPS) is 11.6. The number of halogens is 1. The van der Waals surface area contributed by atoms with Crippen LogP contribution in [0.2, 0.25) is 0 Å². The molecule has 18 heavy (non-hydrogen) atoms. The lowest BCUT2D eigenvalue weighted by atomic mass is 10.2. The van der Waals surface area contributed by atoms with Gasteiger partial charge in [-0.2, -0.15) is 5.10 Å². The van der Waals surface area contributed by atoms with Crippen LogP contribution < -0.4 is 5.32 Å². The van der Waals surface area contributed by atoms with E-state index in [4.69, 9.17) is 4.74 Å². The minimum Gasteiger partial charge on any atom is -0.444 e. The molecule has 0 aliphatic heterocycles. The van der Waals surface area contributed by atoms with Crippen LogP contribution in [0.25, 0.3) is 10.9 Å². The number of carbonyl (C=O) groups is 1. The molecule has 0 radical (unpaired) electrons. The van der Waals surface area contributed by atoms with Crippen molar-refractivity contribution in [1.29, 1.82) is 0 Å². The molecule has 0 spiro atoms. The van der Waals surface area contributed by atoms with E-state index in [0.717, 1.165) is 14.5 Å². The Morgan fingerprint density at radius 3 is 2.83 bits per heavy atom. The number of rotatable bonds is 1. The Bertz CT molecular complexity index is 587. The monoisotopic (exact) mass is 359 g/mol. The zero-order valence-electron chi connectivity index (χ0n) is 10.4. The van der Waals surface area contributed by atoms with Crippen molar-refractivity contribution in [2.45, 2.75) is 26.4 Å². The van der Waals surface area contributed by atoms with Gasteiger partial charge in [-0.25, -0.2) is 4.79 Å². The predicted molar refractivity (Wildman–Crippen MR) is 78.7 cm³/mol. The van der Waals surface area contributed by atoms with Crippen molar-refractivity contribution in [2.75, 3.05) is 5.32 Å². The van der Waals surface area contributed by atoms with Gasteiger partial charge in [0.05, 0.1) is 5.52 Å². The van der Waals surface area contributed by atoms with Crippen LogP contribution in [0, 0.1) is 3.57 Å². The lowest BCUT2D eigenvalue weighted by Crippen LogP contribution is -2.27. The number of hydrogen-bond acceptors (Lipinski definition) is 3. The third kappa shape index (κ3) is 3.12.